The van der Waals surface area contributed by atoms with E-state index in [-0.39, 0.29) is 12.4 Å². The Morgan fingerprint density at radius 1 is 0.909 bits per heavy atom. The lowest BCUT2D eigenvalue weighted by molar-refractivity contribution is -0.142. The Labute approximate surface area is 194 Å². The molecular formula is C28H29NO4. The van der Waals surface area contributed by atoms with Crippen LogP contribution in [0.5, 0.6) is 11.5 Å². The van der Waals surface area contributed by atoms with Crippen LogP contribution >= 0.6 is 0 Å². The lowest BCUT2D eigenvalue weighted by Crippen LogP contribution is -2.09. The van der Waals surface area contributed by atoms with E-state index in [9.17, 15) is 4.79 Å². The quantitative estimate of drug-likeness (QED) is 0.312. The molecule has 170 valence electrons. The number of rotatable bonds is 9. The number of hydrogen-bond donors (Lipinski definition) is 0. The maximum Gasteiger partial charge on any atom is 0.310 e. The molecule has 1 heterocycles. The zero-order valence-electron chi connectivity index (χ0n) is 19.3. The van der Waals surface area contributed by atoms with E-state index in [1.807, 2.05) is 55.5 Å². The van der Waals surface area contributed by atoms with E-state index in [1.54, 1.807) is 7.11 Å². The summed E-state index contributed by atoms with van der Waals surface area (Å²) in [6.45, 7) is 5.48. The van der Waals surface area contributed by atoms with Crippen molar-refractivity contribution in [2.45, 2.75) is 33.4 Å². The van der Waals surface area contributed by atoms with E-state index in [1.165, 1.54) is 0 Å². The number of esters is 1. The molecule has 0 atom stereocenters. The van der Waals surface area contributed by atoms with Crippen LogP contribution in [0.1, 0.15) is 29.3 Å². The minimum absolute atomic E-state index is 0.220. The summed E-state index contributed by atoms with van der Waals surface area (Å²) in [6.07, 6.45) is 0.239. The van der Waals surface area contributed by atoms with Gasteiger partial charge in [0.05, 0.1) is 20.1 Å². The molecule has 0 bridgehead atoms. The fraction of sp³-hybridized carbons (Fsp3) is 0.250. The molecule has 33 heavy (non-hydrogen) atoms. The molecule has 5 heteroatoms. The van der Waals surface area contributed by atoms with Crippen molar-refractivity contribution < 1.29 is 19.0 Å². The molecule has 0 unspecified atom stereocenters. The fourth-order valence-corrected chi connectivity index (χ4v) is 4.06. The van der Waals surface area contributed by atoms with Crippen LogP contribution in [0.25, 0.3) is 10.9 Å². The van der Waals surface area contributed by atoms with Gasteiger partial charge in [0.25, 0.3) is 0 Å². The van der Waals surface area contributed by atoms with E-state index in [4.69, 9.17) is 14.2 Å². The molecule has 4 rings (SSSR count). The van der Waals surface area contributed by atoms with Gasteiger partial charge in [-0.2, -0.15) is 0 Å². The highest BCUT2D eigenvalue weighted by Crippen LogP contribution is 2.31. The van der Waals surface area contributed by atoms with E-state index in [0.29, 0.717) is 19.8 Å². The van der Waals surface area contributed by atoms with Gasteiger partial charge in [-0.1, -0.05) is 42.5 Å². The Bertz CT molecular complexity index is 1230. The minimum atomic E-state index is -0.220. The highest BCUT2D eigenvalue weighted by molar-refractivity contribution is 5.90. The van der Waals surface area contributed by atoms with Crippen LogP contribution in [0.15, 0.2) is 72.8 Å². The molecule has 0 amide bonds. The molecule has 0 spiro atoms. The number of hydrogen-bond acceptors (Lipinski definition) is 4. The SMILES string of the molecule is CCOC(=O)Cc1c(C)n(Cc2ccc(OCc3ccccc3)cc2)c2ccc(OC)cc12. The van der Waals surface area contributed by atoms with Crippen molar-refractivity contribution >= 4 is 16.9 Å². The Morgan fingerprint density at radius 2 is 1.64 bits per heavy atom. The van der Waals surface area contributed by atoms with Crippen molar-refractivity contribution in [3.05, 3.63) is 95.2 Å². The molecule has 0 aliphatic heterocycles. The number of aromatic nitrogens is 1. The highest BCUT2D eigenvalue weighted by Gasteiger charge is 2.18. The number of benzene rings is 3. The predicted octanol–water partition coefficient (Wildman–Crippen LogP) is 5.69. The number of ether oxygens (including phenoxy) is 3. The van der Waals surface area contributed by atoms with Crippen molar-refractivity contribution in [2.75, 3.05) is 13.7 Å². The van der Waals surface area contributed by atoms with Crippen LogP contribution in [-0.2, 0) is 29.1 Å². The molecule has 0 fully saturated rings. The summed E-state index contributed by atoms with van der Waals surface area (Å²) in [5, 5.41) is 1.02. The molecule has 0 N–H and O–H groups in total. The lowest BCUT2D eigenvalue weighted by Gasteiger charge is -2.11. The second-order valence-electron chi connectivity index (χ2n) is 7.93. The fourth-order valence-electron chi connectivity index (χ4n) is 4.06. The van der Waals surface area contributed by atoms with E-state index >= 15 is 0 Å². The summed E-state index contributed by atoms with van der Waals surface area (Å²) in [5.74, 6) is 1.39. The van der Waals surface area contributed by atoms with Crippen LogP contribution in [0, 0.1) is 6.92 Å². The second kappa shape index (κ2) is 10.3. The average molecular weight is 444 g/mol. The van der Waals surface area contributed by atoms with Crippen molar-refractivity contribution in [3.8, 4) is 11.5 Å². The first kappa shape index (κ1) is 22.5. The Morgan fingerprint density at radius 3 is 2.33 bits per heavy atom. The smallest absolute Gasteiger partial charge is 0.310 e. The summed E-state index contributed by atoms with van der Waals surface area (Å²) >= 11 is 0. The first-order valence-electron chi connectivity index (χ1n) is 11.2. The van der Waals surface area contributed by atoms with E-state index < -0.39 is 0 Å². The summed E-state index contributed by atoms with van der Waals surface area (Å²) < 4.78 is 18.8. The average Bonchev–Trinajstić information content (AvgIpc) is 3.09. The monoisotopic (exact) mass is 443 g/mol. The first-order chi connectivity index (χ1) is 16.1. The van der Waals surface area contributed by atoms with Crippen molar-refractivity contribution in [1.29, 1.82) is 0 Å². The molecule has 0 radical (unpaired) electrons. The summed E-state index contributed by atoms with van der Waals surface area (Å²) in [6, 6.07) is 24.3. The Kier molecular flexibility index (Phi) is 6.98. The first-order valence-corrected chi connectivity index (χ1v) is 11.2. The number of nitrogens with zero attached hydrogens (tertiary/aromatic N) is 1. The van der Waals surface area contributed by atoms with Crippen molar-refractivity contribution in [1.82, 2.24) is 4.57 Å². The van der Waals surface area contributed by atoms with Gasteiger partial charge in [0.2, 0.25) is 0 Å². The van der Waals surface area contributed by atoms with Crippen LogP contribution in [0.3, 0.4) is 0 Å². The van der Waals surface area contributed by atoms with Gasteiger partial charge in [-0.3, -0.25) is 4.79 Å². The molecular weight excluding hydrogens is 414 g/mol. The molecule has 0 saturated heterocycles. The molecule has 4 aromatic rings. The maximum atomic E-state index is 12.3. The largest absolute Gasteiger partial charge is 0.497 e. The maximum absolute atomic E-state index is 12.3. The Hall–Kier alpha value is -3.73. The summed E-state index contributed by atoms with van der Waals surface area (Å²) in [4.78, 5) is 12.3. The van der Waals surface area contributed by atoms with Crippen LogP contribution in [-0.4, -0.2) is 24.3 Å². The summed E-state index contributed by atoms with van der Waals surface area (Å²) in [7, 11) is 1.65. The van der Waals surface area contributed by atoms with Crippen molar-refractivity contribution in [3.63, 3.8) is 0 Å². The van der Waals surface area contributed by atoms with Gasteiger partial charge >= 0.3 is 5.97 Å². The molecule has 0 aliphatic rings. The van der Waals surface area contributed by atoms with Gasteiger partial charge in [-0.15, -0.1) is 0 Å². The van der Waals surface area contributed by atoms with Gasteiger partial charge in [-0.25, -0.2) is 0 Å². The number of carbonyl (C=O) groups is 1. The standard InChI is InChI=1S/C28H29NO4/c1-4-32-28(30)17-25-20(2)29(27-15-14-24(31-3)16-26(25)27)18-21-10-12-23(13-11-21)33-19-22-8-6-5-7-9-22/h5-16H,4,17-19H2,1-3H3. The van der Waals surface area contributed by atoms with Gasteiger partial charge in [0, 0.05) is 23.1 Å². The van der Waals surface area contributed by atoms with Crippen LogP contribution in [0.2, 0.25) is 0 Å². The third-order valence-electron chi connectivity index (χ3n) is 5.80. The normalized spacial score (nSPS) is 10.9. The molecule has 5 nitrogen and oxygen atoms in total. The summed E-state index contributed by atoms with van der Waals surface area (Å²) in [5.41, 5.74) is 5.39. The number of fused-ring (bicyclic) bond motifs is 1. The molecule has 3 aromatic carbocycles. The predicted molar refractivity (Wildman–Crippen MR) is 130 cm³/mol. The van der Waals surface area contributed by atoms with E-state index in [0.717, 1.165) is 44.8 Å². The highest BCUT2D eigenvalue weighted by atomic mass is 16.5. The lowest BCUT2D eigenvalue weighted by atomic mass is 10.1. The minimum Gasteiger partial charge on any atom is -0.497 e. The molecule has 0 aliphatic carbocycles. The second-order valence-corrected chi connectivity index (χ2v) is 7.93. The van der Waals surface area contributed by atoms with Crippen LogP contribution < -0.4 is 9.47 Å². The Balaban J connectivity index is 1.57. The zero-order valence-corrected chi connectivity index (χ0v) is 19.3. The molecule has 0 saturated carbocycles. The van der Waals surface area contributed by atoms with Gasteiger partial charge in [-0.05, 0) is 60.9 Å². The van der Waals surface area contributed by atoms with Gasteiger partial charge in [0.1, 0.15) is 18.1 Å². The van der Waals surface area contributed by atoms with Gasteiger partial charge in [0.15, 0.2) is 0 Å². The molecule has 1 aromatic heterocycles. The third-order valence-corrected chi connectivity index (χ3v) is 5.80. The van der Waals surface area contributed by atoms with E-state index in [2.05, 4.69) is 35.8 Å². The number of carbonyl (C=O) groups excluding carboxylic acids is 1. The van der Waals surface area contributed by atoms with Gasteiger partial charge < -0.3 is 18.8 Å². The topological polar surface area (TPSA) is 49.7 Å². The third kappa shape index (κ3) is 5.20. The zero-order chi connectivity index (χ0) is 23.2. The van der Waals surface area contributed by atoms with Crippen molar-refractivity contribution in [2.24, 2.45) is 0 Å². The number of methoxy groups -OCH3 is 1. The van der Waals surface area contributed by atoms with Crippen LogP contribution in [0.4, 0.5) is 0 Å².